The molecule has 2 aromatic rings. The fraction of sp³-hybridized carbons (Fsp3) is 0.350. The first-order chi connectivity index (χ1) is 11.6. The minimum Gasteiger partial charge on any atom is -0.457 e. The number of aryl methyl sites for hydroxylation is 1. The summed E-state index contributed by atoms with van der Waals surface area (Å²) in [5, 5.41) is 6.38. The lowest BCUT2D eigenvalue weighted by atomic mass is 9.92. The van der Waals surface area contributed by atoms with Gasteiger partial charge in [0.2, 0.25) is 5.91 Å². The van der Waals surface area contributed by atoms with Gasteiger partial charge in [0.1, 0.15) is 11.5 Å². The van der Waals surface area contributed by atoms with Crippen molar-refractivity contribution in [1.29, 1.82) is 0 Å². The number of rotatable bonds is 4. The molecule has 0 aromatic heterocycles. The maximum atomic E-state index is 12.4. The fourth-order valence-electron chi connectivity index (χ4n) is 2.96. The summed E-state index contributed by atoms with van der Waals surface area (Å²) < 4.78 is 5.80. The van der Waals surface area contributed by atoms with Crippen molar-refractivity contribution in [3.8, 4) is 11.5 Å². The smallest absolute Gasteiger partial charge is 0.227 e. The van der Waals surface area contributed by atoms with Crippen LogP contribution in [0.5, 0.6) is 11.5 Å². The summed E-state index contributed by atoms with van der Waals surface area (Å²) in [6.45, 7) is 5.07. The zero-order chi connectivity index (χ0) is 16.9. The van der Waals surface area contributed by atoms with Crippen molar-refractivity contribution in [3.05, 3.63) is 54.1 Å². The third-order valence-electron chi connectivity index (χ3n) is 4.37. The number of hydrogen-bond donors (Lipinski definition) is 2. The van der Waals surface area contributed by atoms with E-state index in [4.69, 9.17) is 4.74 Å². The van der Waals surface area contributed by atoms with Crippen LogP contribution in [-0.2, 0) is 4.79 Å². The topological polar surface area (TPSA) is 50.4 Å². The molecule has 1 aliphatic rings. The zero-order valence-corrected chi connectivity index (χ0v) is 14.2. The van der Waals surface area contributed by atoms with Crippen molar-refractivity contribution in [2.75, 3.05) is 11.9 Å². The molecule has 1 heterocycles. The summed E-state index contributed by atoms with van der Waals surface area (Å²) in [7, 11) is 0. The number of hydrogen-bond acceptors (Lipinski definition) is 3. The molecule has 1 aliphatic heterocycles. The molecule has 2 atom stereocenters. The molecule has 1 fully saturated rings. The molecule has 24 heavy (non-hydrogen) atoms. The van der Waals surface area contributed by atoms with Gasteiger partial charge in [0.15, 0.2) is 0 Å². The third-order valence-corrected chi connectivity index (χ3v) is 4.37. The third kappa shape index (κ3) is 4.36. The number of ether oxygens (including phenoxy) is 1. The molecule has 3 rings (SSSR count). The van der Waals surface area contributed by atoms with Crippen LogP contribution in [0.4, 0.5) is 5.69 Å². The van der Waals surface area contributed by atoms with Crippen molar-refractivity contribution in [1.82, 2.24) is 5.32 Å². The second-order valence-electron chi connectivity index (χ2n) is 6.51. The van der Waals surface area contributed by atoms with E-state index < -0.39 is 0 Å². The lowest BCUT2D eigenvalue weighted by molar-refractivity contribution is -0.120. The number of amides is 1. The number of anilines is 1. The summed E-state index contributed by atoms with van der Waals surface area (Å²) in [6, 6.07) is 15.8. The van der Waals surface area contributed by atoms with Gasteiger partial charge in [0.05, 0.1) is 0 Å². The van der Waals surface area contributed by atoms with Crippen molar-refractivity contribution in [2.24, 2.45) is 5.92 Å². The largest absolute Gasteiger partial charge is 0.457 e. The Hall–Kier alpha value is -2.33. The molecular weight excluding hydrogens is 300 g/mol. The summed E-state index contributed by atoms with van der Waals surface area (Å²) in [5.41, 5.74) is 2.01. The zero-order valence-electron chi connectivity index (χ0n) is 14.2. The monoisotopic (exact) mass is 324 g/mol. The Labute approximate surface area is 143 Å². The molecule has 2 aromatic carbocycles. The fourth-order valence-corrected chi connectivity index (χ4v) is 2.96. The van der Waals surface area contributed by atoms with Gasteiger partial charge in [-0.2, -0.15) is 0 Å². The van der Waals surface area contributed by atoms with Crippen LogP contribution in [0, 0.1) is 12.8 Å². The number of carbonyl (C=O) groups excluding carboxylic acids is 1. The molecular formula is C20H24N2O2. The Morgan fingerprint density at radius 2 is 1.71 bits per heavy atom. The average molecular weight is 324 g/mol. The van der Waals surface area contributed by atoms with Crippen LogP contribution in [0.2, 0.25) is 0 Å². The van der Waals surface area contributed by atoms with E-state index in [1.807, 2.05) is 55.5 Å². The summed E-state index contributed by atoms with van der Waals surface area (Å²) in [5.74, 6) is 1.76. The molecule has 0 aliphatic carbocycles. The second-order valence-corrected chi connectivity index (χ2v) is 6.51. The molecule has 1 saturated heterocycles. The van der Waals surface area contributed by atoms with Gasteiger partial charge in [0, 0.05) is 17.6 Å². The molecule has 0 bridgehead atoms. The van der Waals surface area contributed by atoms with Crippen molar-refractivity contribution in [2.45, 2.75) is 32.7 Å². The SMILES string of the molecule is Cc1ccc(Oc2ccc(NC(=O)[C@H]3CCN[C@@H](C)C3)cc2)cc1. The maximum absolute atomic E-state index is 12.4. The molecule has 1 amide bonds. The highest BCUT2D eigenvalue weighted by Crippen LogP contribution is 2.24. The summed E-state index contributed by atoms with van der Waals surface area (Å²) in [6.07, 6.45) is 1.78. The Balaban J connectivity index is 1.58. The minimum atomic E-state index is 0.0877. The first-order valence-electron chi connectivity index (χ1n) is 8.49. The van der Waals surface area contributed by atoms with Gasteiger partial charge in [-0.3, -0.25) is 4.79 Å². The lowest BCUT2D eigenvalue weighted by Gasteiger charge is -2.27. The van der Waals surface area contributed by atoms with Gasteiger partial charge in [-0.25, -0.2) is 0 Å². The molecule has 2 N–H and O–H groups in total. The molecule has 0 spiro atoms. The van der Waals surface area contributed by atoms with Crippen molar-refractivity contribution in [3.63, 3.8) is 0 Å². The first kappa shape index (κ1) is 16.5. The Morgan fingerprint density at radius 1 is 1.08 bits per heavy atom. The highest BCUT2D eigenvalue weighted by molar-refractivity contribution is 5.92. The molecule has 126 valence electrons. The van der Waals surface area contributed by atoms with Crippen LogP contribution < -0.4 is 15.4 Å². The van der Waals surface area contributed by atoms with Gasteiger partial charge >= 0.3 is 0 Å². The van der Waals surface area contributed by atoms with Gasteiger partial charge in [-0.15, -0.1) is 0 Å². The van der Waals surface area contributed by atoms with E-state index in [-0.39, 0.29) is 11.8 Å². The van der Waals surface area contributed by atoms with Gasteiger partial charge in [0.25, 0.3) is 0 Å². The van der Waals surface area contributed by atoms with Gasteiger partial charge < -0.3 is 15.4 Å². The van der Waals surface area contributed by atoms with Crippen LogP contribution in [-0.4, -0.2) is 18.5 Å². The minimum absolute atomic E-state index is 0.0877. The van der Waals surface area contributed by atoms with E-state index in [1.165, 1.54) is 5.56 Å². The number of carbonyl (C=O) groups is 1. The molecule has 0 unspecified atom stereocenters. The van der Waals surface area contributed by atoms with Crippen LogP contribution in [0.3, 0.4) is 0 Å². The standard InChI is InChI=1S/C20H24N2O2/c1-14-3-7-18(8-4-14)24-19-9-5-17(6-10-19)22-20(23)16-11-12-21-15(2)13-16/h3-10,15-16,21H,11-13H2,1-2H3,(H,22,23)/t15-,16-/m0/s1. The van der Waals surface area contributed by atoms with Crippen LogP contribution >= 0.6 is 0 Å². The quantitative estimate of drug-likeness (QED) is 0.889. The van der Waals surface area contributed by atoms with E-state index in [9.17, 15) is 4.79 Å². The van der Waals surface area contributed by atoms with Crippen LogP contribution in [0.1, 0.15) is 25.3 Å². The van der Waals surface area contributed by atoms with E-state index in [2.05, 4.69) is 17.6 Å². The van der Waals surface area contributed by atoms with E-state index in [1.54, 1.807) is 0 Å². The number of nitrogens with one attached hydrogen (secondary N) is 2. The average Bonchev–Trinajstić information content (AvgIpc) is 2.59. The van der Waals surface area contributed by atoms with Crippen molar-refractivity contribution < 1.29 is 9.53 Å². The van der Waals surface area contributed by atoms with Gasteiger partial charge in [-0.1, -0.05) is 17.7 Å². The summed E-state index contributed by atoms with van der Waals surface area (Å²) in [4.78, 5) is 12.4. The Bertz CT molecular complexity index is 680. The predicted molar refractivity (Wildman–Crippen MR) is 96.5 cm³/mol. The van der Waals surface area contributed by atoms with Crippen molar-refractivity contribution >= 4 is 11.6 Å². The number of piperidine rings is 1. The Morgan fingerprint density at radius 3 is 2.33 bits per heavy atom. The van der Waals surface area contributed by atoms with E-state index in [0.717, 1.165) is 36.6 Å². The summed E-state index contributed by atoms with van der Waals surface area (Å²) >= 11 is 0. The van der Waals surface area contributed by atoms with Crippen LogP contribution in [0.25, 0.3) is 0 Å². The highest BCUT2D eigenvalue weighted by Gasteiger charge is 2.24. The second kappa shape index (κ2) is 7.49. The normalized spacial score (nSPS) is 20.4. The molecule has 0 saturated carbocycles. The Kier molecular flexibility index (Phi) is 5.16. The lowest BCUT2D eigenvalue weighted by Crippen LogP contribution is -2.40. The van der Waals surface area contributed by atoms with Gasteiger partial charge in [-0.05, 0) is 69.6 Å². The molecule has 0 radical (unpaired) electrons. The number of benzene rings is 2. The first-order valence-corrected chi connectivity index (χ1v) is 8.49. The predicted octanol–water partition coefficient (Wildman–Crippen LogP) is 4.11. The van der Waals surface area contributed by atoms with E-state index in [0.29, 0.717) is 6.04 Å². The highest BCUT2D eigenvalue weighted by atomic mass is 16.5. The maximum Gasteiger partial charge on any atom is 0.227 e. The molecule has 4 heteroatoms. The molecule has 4 nitrogen and oxygen atoms in total. The van der Waals surface area contributed by atoms with Crippen LogP contribution in [0.15, 0.2) is 48.5 Å². The van der Waals surface area contributed by atoms with E-state index >= 15 is 0 Å².